The van der Waals surface area contributed by atoms with Gasteiger partial charge in [0, 0.05) is 23.8 Å². The fourth-order valence-electron chi connectivity index (χ4n) is 1.96. The molecule has 0 aliphatic heterocycles. The highest BCUT2D eigenvalue weighted by atomic mass is 79.9. The summed E-state index contributed by atoms with van der Waals surface area (Å²) in [5, 5.41) is 0. The Morgan fingerprint density at radius 1 is 1.00 bits per heavy atom. The van der Waals surface area contributed by atoms with E-state index in [0.29, 0.717) is 0 Å². The van der Waals surface area contributed by atoms with Gasteiger partial charge < -0.3 is 4.90 Å². The summed E-state index contributed by atoms with van der Waals surface area (Å²) in [6.07, 6.45) is 1.09. The number of halogens is 1. The fourth-order valence-corrected chi connectivity index (χ4v) is 2.37. The molecule has 94 valence electrons. The average Bonchev–Trinajstić information content (AvgIpc) is 2.41. The molecule has 18 heavy (non-hydrogen) atoms. The fraction of sp³-hybridized carbons (Fsp3) is 0.250. The molecule has 0 aliphatic carbocycles. The first-order valence-corrected chi connectivity index (χ1v) is 7.03. The standard InChI is InChI=1S/C16H18BrN/c1-3-13-8-10-15(11-9-13)18(2)12-14-6-4-5-7-16(14)17/h4-11H,3,12H2,1-2H3. The largest absolute Gasteiger partial charge is 0.370 e. The van der Waals surface area contributed by atoms with Crippen LogP contribution in [0.25, 0.3) is 0 Å². The van der Waals surface area contributed by atoms with E-state index in [0.717, 1.165) is 13.0 Å². The molecular weight excluding hydrogens is 286 g/mol. The maximum Gasteiger partial charge on any atom is 0.0437 e. The lowest BCUT2D eigenvalue weighted by atomic mass is 10.1. The number of hydrogen-bond donors (Lipinski definition) is 0. The van der Waals surface area contributed by atoms with Crippen LogP contribution < -0.4 is 4.90 Å². The first-order valence-electron chi connectivity index (χ1n) is 6.24. The average molecular weight is 304 g/mol. The summed E-state index contributed by atoms with van der Waals surface area (Å²) in [4.78, 5) is 2.26. The zero-order chi connectivity index (χ0) is 13.0. The van der Waals surface area contributed by atoms with Crippen LogP contribution >= 0.6 is 15.9 Å². The molecule has 0 bridgehead atoms. The van der Waals surface area contributed by atoms with Gasteiger partial charge in [0.05, 0.1) is 0 Å². The molecule has 0 amide bonds. The van der Waals surface area contributed by atoms with Crippen molar-refractivity contribution in [1.29, 1.82) is 0 Å². The van der Waals surface area contributed by atoms with Crippen molar-refractivity contribution in [3.05, 3.63) is 64.1 Å². The Morgan fingerprint density at radius 3 is 2.28 bits per heavy atom. The van der Waals surface area contributed by atoms with Crippen LogP contribution in [0.1, 0.15) is 18.1 Å². The SMILES string of the molecule is CCc1ccc(N(C)Cc2ccccc2Br)cc1. The van der Waals surface area contributed by atoms with Crippen LogP contribution in [-0.4, -0.2) is 7.05 Å². The van der Waals surface area contributed by atoms with Crippen LogP contribution in [0.15, 0.2) is 53.0 Å². The summed E-state index contributed by atoms with van der Waals surface area (Å²) in [7, 11) is 2.13. The van der Waals surface area contributed by atoms with Gasteiger partial charge in [0.15, 0.2) is 0 Å². The Morgan fingerprint density at radius 2 is 1.67 bits per heavy atom. The van der Waals surface area contributed by atoms with E-state index in [1.165, 1.54) is 21.3 Å². The molecule has 0 heterocycles. The second-order valence-corrected chi connectivity index (χ2v) is 5.32. The highest BCUT2D eigenvalue weighted by Gasteiger charge is 2.04. The molecule has 0 unspecified atom stereocenters. The topological polar surface area (TPSA) is 3.24 Å². The van der Waals surface area contributed by atoms with Crippen molar-refractivity contribution in [3.63, 3.8) is 0 Å². The molecule has 1 nitrogen and oxygen atoms in total. The normalized spacial score (nSPS) is 10.4. The predicted octanol–water partition coefficient (Wildman–Crippen LogP) is 4.65. The molecular formula is C16H18BrN. The highest BCUT2D eigenvalue weighted by molar-refractivity contribution is 9.10. The Kier molecular flexibility index (Phi) is 4.43. The number of nitrogens with zero attached hydrogens (tertiary/aromatic N) is 1. The minimum absolute atomic E-state index is 0.910. The minimum atomic E-state index is 0.910. The van der Waals surface area contributed by atoms with Gasteiger partial charge in [0.25, 0.3) is 0 Å². The third kappa shape index (κ3) is 3.14. The Hall–Kier alpha value is -1.28. The first kappa shape index (κ1) is 13.2. The van der Waals surface area contributed by atoms with E-state index in [4.69, 9.17) is 0 Å². The van der Waals surface area contributed by atoms with Gasteiger partial charge in [-0.25, -0.2) is 0 Å². The van der Waals surface area contributed by atoms with Gasteiger partial charge in [-0.05, 0) is 35.7 Å². The number of benzene rings is 2. The van der Waals surface area contributed by atoms with Crippen molar-refractivity contribution in [2.45, 2.75) is 19.9 Å². The zero-order valence-corrected chi connectivity index (χ0v) is 12.4. The summed E-state index contributed by atoms with van der Waals surface area (Å²) in [5.41, 5.74) is 3.94. The second-order valence-electron chi connectivity index (χ2n) is 4.47. The number of hydrogen-bond acceptors (Lipinski definition) is 1. The third-order valence-corrected chi connectivity index (χ3v) is 3.92. The van der Waals surface area contributed by atoms with Gasteiger partial charge >= 0.3 is 0 Å². The zero-order valence-electron chi connectivity index (χ0n) is 10.9. The maximum atomic E-state index is 3.59. The first-order chi connectivity index (χ1) is 8.70. The summed E-state index contributed by atoms with van der Waals surface area (Å²) >= 11 is 3.59. The third-order valence-electron chi connectivity index (χ3n) is 3.15. The van der Waals surface area contributed by atoms with Gasteiger partial charge in [0.1, 0.15) is 0 Å². The van der Waals surface area contributed by atoms with Crippen molar-refractivity contribution in [2.24, 2.45) is 0 Å². The molecule has 0 spiro atoms. The lowest BCUT2D eigenvalue weighted by Gasteiger charge is -2.20. The lowest BCUT2D eigenvalue weighted by molar-refractivity contribution is 0.917. The summed E-state index contributed by atoms with van der Waals surface area (Å²) in [5.74, 6) is 0. The monoisotopic (exact) mass is 303 g/mol. The Bertz CT molecular complexity index is 505. The van der Waals surface area contributed by atoms with E-state index in [-0.39, 0.29) is 0 Å². The molecule has 2 heteroatoms. The molecule has 2 aromatic rings. The van der Waals surface area contributed by atoms with Crippen molar-refractivity contribution in [1.82, 2.24) is 0 Å². The lowest BCUT2D eigenvalue weighted by Crippen LogP contribution is -2.16. The number of rotatable bonds is 4. The summed E-state index contributed by atoms with van der Waals surface area (Å²) in [6.45, 7) is 3.09. The van der Waals surface area contributed by atoms with Crippen LogP contribution in [0.5, 0.6) is 0 Å². The second kappa shape index (κ2) is 6.05. The molecule has 0 N–H and O–H groups in total. The molecule has 0 aromatic heterocycles. The van der Waals surface area contributed by atoms with E-state index in [1.807, 2.05) is 6.07 Å². The van der Waals surface area contributed by atoms with E-state index in [1.54, 1.807) is 0 Å². The summed E-state index contributed by atoms with van der Waals surface area (Å²) in [6, 6.07) is 17.1. The van der Waals surface area contributed by atoms with E-state index >= 15 is 0 Å². The molecule has 2 aromatic carbocycles. The van der Waals surface area contributed by atoms with E-state index < -0.39 is 0 Å². The predicted molar refractivity (Wildman–Crippen MR) is 82.1 cm³/mol. The van der Waals surface area contributed by atoms with Gasteiger partial charge in [-0.15, -0.1) is 0 Å². The van der Waals surface area contributed by atoms with Gasteiger partial charge in [-0.1, -0.05) is 53.2 Å². The molecule has 0 saturated carbocycles. The molecule has 0 atom stereocenters. The highest BCUT2D eigenvalue weighted by Crippen LogP contribution is 2.21. The maximum absolute atomic E-state index is 3.59. The van der Waals surface area contributed by atoms with Gasteiger partial charge in [0.2, 0.25) is 0 Å². The van der Waals surface area contributed by atoms with E-state index in [2.05, 4.69) is 77.3 Å². The Labute approximate surface area is 118 Å². The van der Waals surface area contributed by atoms with Crippen molar-refractivity contribution < 1.29 is 0 Å². The number of aryl methyl sites for hydroxylation is 1. The molecule has 0 radical (unpaired) electrons. The van der Waals surface area contributed by atoms with Crippen LogP contribution in [0, 0.1) is 0 Å². The molecule has 0 aliphatic rings. The van der Waals surface area contributed by atoms with Gasteiger partial charge in [-0.2, -0.15) is 0 Å². The molecule has 2 rings (SSSR count). The number of anilines is 1. The molecule has 0 saturated heterocycles. The van der Waals surface area contributed by atoms with Crippen LogP contribution in [0.2, 0.25) is 0 Å². The van der Waals surface area contributed by atoms with Crippen LogP contribution in [0.3, 0.4) is 0 Å². The van der Waals surface area contributed by atoms with Crippen LogP contribution in [-0.2, 0) is 13.0 Å². The quantitative estimate of drug-likeness (QED) is 0.795. The Balaban J connectivity index is 2.11. The van der Waals surface area contributed by atoms with Gasteiger partial charge in [-0.3, -0.25) is 0 Å². The minimum Gasteiger partial charge on any atom is -0.370 e. The van der Waals surface area contributed by atoms with Crippen LogP contribution in [0.4, 0.5) is 5.69 Å². The van der Waals surface area contributed by atoms with Crippen molar-refractivity contribution in [3.8, 4) is 0 Å². The smallest absolute Gasteiger partial charge is 0.0437 e. The summed E-state index contributed by atoms with van der Waals surface area (Å²) < 4.78 is 1.17. The van der Waals surface area contributed by atoms with Crippen molar-refractivity contribution >= 4 is 21.6 Å². The van der Waals surface area contributed by atoms with E-state index in [9.17, 15) is 0 Å². The van der Waals surface area contributed by atoms with Crippen molar-refractivity contribution in [2.75, 3.05) is 11.9 Å². The molecule has 0 fully saturated rings.